The van der Waals surface area contributed by atoms with Crippen LogP contribution in [-0.4, -0.2) is 5.84 Å². The van der Waals surface area contributed by atoms with Crippen LogP contribution in [0.2, 0.25) is 0 Å². The summed E-state index contributed by atoms with van der Waals surface area (Å²) in [4.78, 5) is 5.24. The van der Waals surface area contributed by atoms with Crippen LogP contribution in [-0.2, 0) is 5.41 Å². The van der Waals surface area contributed by atoms with Crippen molar-refractivity contribution in [2.24, 2.45) is 4.99 Å². The third-order valence-corrected chi connectivity index (χ3v) is 9.02. The van der Waals surface area contributed by atoms with Crippen LogP contribution in [0.15, 0.2) is 151 Å². The smallest absolute Gasteiger partial charge is 0.135 e. The van der Waals surface area contributed by atoms with Gasteiger partial charge in [0.15, 0.2) is 0 Å². The second kappa shape index (κ2) is 8.79. The maximum absolute atomic E-state index is 6.51. The van der Waals surface area contributed by atoms with Gasteiger partial charge in [-0.1, -0.05) is 127 Å². The van der Waals surface area contributed by atoms with Crippen molar-refractivity contribution in [3.05, 3.63) is 185 Å². The van der Waals surface area contributed by atoms with E-state index in [1.165, 1.54) is 33.4 Å². The van der Waals surface area contributed by atoms with Crippen LogP contribution in [0.3, 0.4) is 0 Å². The van der Waals surface area contributed by atoms with Crippen molar-refractivity contribution in [2.75, 3.05) is 0 Å². The van der Waals surface area contributed by atoms with Gasteiger partial charge in [-0.2, -0.15) is 0 Å². The van der Waals surface area contributed by atoms with Crippen LogP contribution in [0.5, 0.6) is 11.5 Å². The molecule has 0 amide bonds. The van der Waals surface area contributed by atoms with E-state index in [9.17, 15) is 0 Å². The van der Waals surface area contributed by atoms with Crippen molar-refractivity contribution in [1.82, 2.24) is 5.32 Å². The van der Waals surface area contributed by atoms with Crippen LogP contribution < -0.4 is 10.1 Å². The summed E-state index contributed by atoms with van der Waals surface area (Å²) in [5.74, 6) is 2.69. The third-order valence-electron chi connectivity index (χ3n) is 9.02. The van der Waals surface area contributed by atoms with Gasteiger partial charge in [0.25, 0.3) is 0 Å². The Balaban J connectivity index is 1.34. The Labute approximate surface area is 244 Å². The number of rotatable bonds is 2. The molecule has 0 radical (unpaired) electrons. The second-order valence-corrected chi connectivity index (χ2v) is 11.1. The molecule has 1 unspecified atom stereocenters. The van der Waals surface area contributed by atoms with Crippen LogP contribution in [0.4, 0.5) is 5.69 Å². The van der Waals surface area contributed by atoms with E-state index in [1.807, 2.05) is 0 Å². The maximum Gasteiger partial charge on any atom is 0.135 e. The molecule has 1 spiro atoms. The number of fused-ring (bicyclic) bond motifs is 10. The van der Waals surface area contributed by atoms with Crippen molar-refractivity contribution in [3.63, 3.8) is 0 Å². The van der Waals surface area contributed by atoms with E-state index in [-0.39, 0.29) is 6.04 Å². The molecule has 0 saturated heterocycles. The Hall–Kier alpha value is -5.41. The van der Waals surface area contributed by atoms with Crippen LogP contribution in [0, 0.1) is 0 Å². The molecule has 3 heteroatoms. The minimum atomic E-state index is -0.501. The number of nitrogens with zero attached hydrogens (tertiary/aromatic N) is 1. The molecular formula is C39H26N2O. The van der Waals surface area contributed by atoms with E-state index < -0.39 is 5.41 Å². The first kappa shape index (κ1) is 23.3. The first-order chi connectivity index (χ1) is 20.8. The molecule has 0 saturated carbocycles. The summed E-state index contributed by atoms with van der Waals surface area (Å²) in [5.41, 5.74) is 11.3. The van der Waals surface area contributed by atoms with Gasteiger partial charge < -0.3 is 10.1 Å². The Kier molecular flexibility index (Phi) is 4.88. The van der Waals surface area contributed by atoms with Gasteiger partial charge in [-0.15, -0.1) is 0 Å². The van der Waals surface area contributed by atoms with Gasteiger partial charge in [0.1, 0.15) is 17.3 Å². The fraction of sp³-hybridized carbons (Fsp3) is 0.0513. The Bertz CT molecular complexity index is 2010. The summed E-state index contributed by atoms with van der Waals surface area (Å²) in [7, 11) is 0. The zero-order chi connectivity index (χ0) is 27.7. The number of amidine groups is 1. The second-order valence-electron chi connectivity index (χ2n) is 11.1. The summed E-state index contributed by atoms with van der Waals surface area (Å²) in [6.45, 7) is 0. The minimum absolute atomic E-state index is 0.000829. The van der Waals surface area contributed by atoms with Crippen LogP contribution >= 0.6 is 0 Å². The topological polar surface area (TPSA) is 33.6 Å². The minimum Gasteiger partial charge on any atom is -0.457 e. The van der Waals surface area contributed by atoms with Gasteiger partial charge in [-0.3, -0.25) is 0 Å². The molecule has 3 aliphatic rings. The van der Waals surface area contributed by atoms with Gasteiger partial charge in [-0.25, -0.2) is 4.99 Å². The number of nitrogens with one attached hydrogen (secondary N) is 1. The lowest BCUT2D eigenvalue weighted by molar-refractivity contribution is 0.436. The highest BCUT2D eigenvalue weighted by Gasteiger charge is 2.51. The molecule has 6 aromatic carbocycles. The fourth-order valence-electron chi connectivity index (χ4n) is 7.35. The zero-order valence-electron chi connectivity index (χ0n) is 22.8. The van der Waals surface area contributed by atoms with Crippen molar-refractivity contribution in [1.29, 1.82) is 0 Å². The third kappa shape index (κ3) is 3.08. The lowest BCUT2D eigenvalue weighted by atomic mass is 9.66. The molecule has 0 aromatic heterocycles. The molecule has 1 N–H and O–H groups in total. The molecule has 3 nitrogen and oxygen atoms in total. The van der Waals surface area contributed by atoms with Gasteiger partial charge in [-0.05, 0) is 46.0 Å². The normalized spacial score (nSPS) is 16.6. The Morgan fingerprint density at radius 1 is 0.524 bits per heavy atom. The van der Waals surface area contributed by atoms with E-state index >= 15 is 0 Å². The molecular weight excluding hydrogens is 512 g/mol. The molecule has 198 valence electrons. The zero-order valence-corrected chi connectivity index (χ0v) is 22.8. The fourth-order valence-corrected chi connectivity index (χ4v) is 7.35. The highest BCUT2D eigenvalue weighted by Crippen LogP contribution is 2.62. The predicted molar refractivity (Wildman–Crippen MR) is 168 cm³/mol. The van der Waals surface area contributed by atoms with Gasteiger partial charge in [0.2, 0.25) is 0 Å². The van der Waals surface area contributed by atoms with E-state index in [4.69, 9.17) is 9.73 Å². The molecule has 42 heavy (non-hydrogen) atoms. The maximum atomic E-state index is 6.51. The number of hydrogen-bond donors (Lipinski definition) is 1. The van der Waals surface area contributed by atoms with Gasteiger partial charge >= 0.3 is 0 Å². The van der Waals surface area contributed by atoms with Crippen LogP contribution in [0.1, 0.15) is 45.0 Å². The molecule has 1 aliphatic carbocycles. The average Bonchev–Trinajstić information content (AvgIpc) is 3.36. The highest BCUT2D eigenvalue weighted by molar-refractivity contribution is 6.10. The van der Waals surface area contributed by atoms with Gasteiger partial charge in [0.05, 0.1) is 17.1 Å². The predicted octanol–water partition coefficient (Wildman–Crippen LogP) is 8.93. The first-order valence-electron chi connectivity index (χ1n) is 14.4. The summed E-state index contributed by atoms with van der Waals surface area (Å²) in [6, 6.07) is 51.6. The number of hydrogen-bond acceptors (Lipinski definition) is 3. The summed E-state index contributed by atoms with van der Waals surface area (Å²) in [6.07, 6.45) is 0. The molecule has 0 fully saturated rings. The molecule has 2 heterocycles. The number of ether oxygens (including phenoxy) is 1. The molecule has 0 bridgehead atoms. The standard InChI is InChI=1S/C39H26N2O/c1-2-13-25(14-3-1)37-27-16-5-9-22-33(27)40-38(41-37)28-17-12-21-32-36(28)26-15-4-6-18-29(26)39(32)30-19-7-10-23-34(30)42-35-24-11-8-20-31(35)39/h1-24,37H,(H,40,41). The Morgan fingerprint density at radius 2 is 1.12 bits per heavy atom. The number of para-hydroxylation sites is 3. The number of aliphatic imine (C=N–C) groups is 1. The quantitative estimate of drug-likeness (QED) is 0.238. The van der Waals surface area contributed by atoms with Crippen molar-refractivity contribution < 1.29 is 4.74 Å². The van der Waals surface area contributed by atoms with Crippen LogP contribution in [0.25, 0.3) is 11.1 Å². The van der Waals surface area contributed by atoms with E-state index in [0.717, 1.165) is 39.7 Å². The molecule has 1 atom stereocenters. The number of benzene rings is 6. The van der Waals surface area contributed by atoms with E-state index in [0.29, 0.717) is 0 Å². The molecule has 6 aromatic rings. The summed E-state index contributed by atoms with van der Waals surface area (Å²) < 4.78 is 6.51. The Morgan fingerprint density at radius 3 is 1.90 bits per heavy atom. The lowest BCUT2D eigenvalue weighted by Crippen LogP contribution is -2.34. The van der Waals surface area contributed by atoms with Crippen molar-refractivity contribution >= 4 is 11.5 Å². The van der Waals surface area contributed by atoms with Crippen molar-refractivity contribution in [3.8, 4) is 22.6 Å². The summed E-state index contributed by atoms with van der Waals surface area (Å²) >= 11 is 0. The lowest BCUT2D eigenvalue weighted by Gasteiger charge is -2.39. The highest BCUT2D eigenvalue weighted by atomic mass is 16.5. The largest absolute Gasteiger partial charge is 0.457 e. The summed E-state index contributed by atoms with van der Waals surface area (Å²) in [5, 5.41) is 3.86. The first-order valence-corrected chi connectivity index (χ1v) is 14.4. The average molecular weight is 539 g/mol. The molecule has 2 aliphatic heterocycles. The van der Waals surface area contributed by atoms with E-state index in [2.05, 4.69) is 151 Å². The van der Waals surface area contributed by atoms with Gasteiger partial charge in [0, 0.05) is 22.3 Å². The van der Waals surface area contributed by atoms with Crippen molar-refractivity contribution in [2.45, 2.75) is 11.5 Å². The molecule has 9 rings (SSSR count). The SMILES string of the molecule is c1ccc(C2NC(c3cccc4c3-c3ccccc3C43c4ccccc4Oc4ccccc43)=Nc3ccccc32)cc1. The van der Waals surface area contributed by atoms with E-state index in [1.54, 1.807) is 0 Å². The monoisotopic (exact) mass is 538 g/mol.